The third-order valence-electron chi connectivity index (χ3n) is 3.17. The summed E-state index contributed by atoms with van der Waals surface area (Å²) in [5.41, 5.74) is -1.51. The van der Waals surface area contributed by atoms with E-state index in [0.29, 0.717) is 11.9 Å². The number of nitrogens with zero attached hydrogens (tertiary/aromatic N) is 4. The number of carbonyl (C=O) groups is 1. The molecule has 110 valence electrons. The smallest absolute Gasteiger partial charge is 0.416 e. The summed E-state index contributed by atoms with van der Waals surface area (Å²) in [6.45, 7) is 0. The number of aromatic carboxylic acids is 1. The number of hydrogen-bond donors (Lipinski definition) is 1. The summed E-state index contributed by atoms with van der Waals surface area (Å²) >= 11 is 0. The molecule has 6 nitrogen and oxygen atoms in total. The number of rotatable bonds is 3. The Morgan fingerprint density at radius 3 is 2.57 bits per heavy atom. The standard InChI is InChI=1S/C12H9F3N4O2/c13-12(14,15)8-3-7(11(20)21)4-9(5-8)19-10(6-1-2-6)16-17-18-19/h3-6H,1-2H2,(H,20,21). The molecule has 21 heavy (non-hydrogen) atoms. The van der Waals surface area contributed by atoms with Crippen LogP contribution in [0.3, 0.4) is 0 Å². The molecule has 1 heterocycles. The van der Waals surface area contributed by atoms with Crippen LogP contribution in [0.4, 0.5) is 13.2 Å². The zero-order chi connectivity index (χ0) is 15.2. The van der Waals surface area contributed by atoms with Crippen LogP contribution in [0.1, 0.15) is 40.5 Å². The average molecular weight is 298 g/mol. The average Bonchev–Trinajstić information content (AvgIpc) is 3.14. The Bertz CT molecular complexity index is 707. The third-order valence-corrected chi connectivity index (χ3v) is 3.17. The van der Waals surface area contributed by atoms with Gasteiger partial charge in [0.05, 0.1) is 16.8 Å². The molecule has 1 N–H and O–H groups in total. The van der Waals surface area contributed by atoms with Crippen LogP contribution in [0.5, 0.6) is 0 Å². The summed E-state index contributed by atoms with van der Waals surface area (Å²) in [6.07, 6.45) is -2.91. The van der Waals surface area contributed by atoms with Crippen LogP contribution in [0.15, 0.2) is 18.2 Å². The van der Waals surface area contributed by atoms with E-state index in [4.69, 9.17) is 5.11 Å². The van der Waals surface area contributed by atoms with Crippen molar-refractivity contribution in [1.82, 2.24) is 20.2 Å². The second-order valence-electron chi connectivity index (χ2n) is 4.79. The van der Waals surface area contributed by atoms with Gasteiger partial charge in [-0.25, -0.2) is 4.79 Å². The number of benzene rings is 1. The maximum absolute atomic E-state index is 12.9. The SMILES string of the molecule is O=C(O)c1cc(-n2nnnc2C2CC2)cc(C(F)(F)F)c1. The fourth-order valence-corrected chi connectivity index (χ4v) is 1.99. The summed E-state index contributed by atoms with van der Waals surface area (Å²) in [6, 6.07) is 2.56. The number of carboxylic acid groups (broad SMARTS) is 1. The molecule has 0 bridgehead atoms. The molecule has 0 radical (unpaired) electrons. The molecule has 2 aromatic rings. The number of hydrogen-bond acceptors (Lipinski definition) is 4. The zero-order valence-corrected chi connectivity index (χ0v) is 10.5. The number of aromatic nitrogens is 4. The van der Waals surface area contributed by atoms with Gasteiger partial charge in [0.1, 0.15) is 0 Å². The van der Waals surface area contributed by atoms with E-state index in [2.05, 4.69) is 15.5 Å². The molecule has 1 saturated carbocycles. The summed E-state index contributed by atoms with van der Waals surface area (Å²) in [4.78, 5) is 11.0. The Morgan fingerprint density at radius 1 is 1.29 bits per heavy atom. The van der Waals surface area contributed by atoms with E-state index >= 15 is 0 Å². The molecule has 1 fully saturated rings. The van der Waals surface area contributed by atoms with Crippen LogP contribution in [-0.2, 0) is 6.18 Å². The minimum absolute atomic E-state index is 0.00544. The van der Waals surface area contributed by atoms with E-state index in [9.17, 15) is 18.0 Å². The molecule has 1 aliphatic carbocycles. The second-order valence-corrected chi connectivity index (χ2v) is 4.79. The molecule has 9 heteroatoms. The van der Waals surface area contributed by atoms with Gasteiger partial charge in [-0.2, -0.15) is 17.9 Å². The highest BCUT2D eigenvalue weighted by Crippen LogP contribution is 2.39. The molecule has 0 amide bonds. The Balaban J connectivity index is 2.15. The summed E-state index contributed by atoms with van der Waals surface area (Å²) in [5, 5.41) is 19.9. The van der Waals surface area contributed by atoms with E-state index in [-0.39, 0.29) is 11.6 Å². The van der Waals surface area contributed by atoms with Crippen molar-refractivity contribution in [1.29, 1.82) is 0 Å². The van der Waals surface area contributed by atoms with Crippen molar-refractivity contribution in [3.05, 3.63) is 35.2 Å². The fourth-order valence-electron chi connectivity index (χ4n) is 1.99. The fraction of sp³-hybridized carbons (Fsp3) is 0.333. The molecular formula is C12H9F3N4O2. The number of alkyl halides is 3. The predicted octanol–water partition coefficient (Wildman–Crippen LogP) is 2.26. The molecule has 0 unspecified atom stereocenters. The van der Waals surface area contributed by atoms with Gasteiger partial charge in [0, 0.05) is 5.92 Å². The summed E-state index contributed by atoms with van der Waals surface area (Å²) < 4.78 is 39.8. The zero-order valence-electron chi connectivity index (χ0n) is 10.5. The Hall–Kier alpha value is -2.45. The normalized spacial score (nSPS) is 15.2. The van der Waals surface area contributed by atoms with Crippen molar-refractivity contribution in [2.75, 3.05) is 0 Å². The molecule has 1 aromatic carbocycles. The molecular weight excluding hydrogens is 289 g/mol. The van der Waals surface area contributed by atoms with Gasteiger partial charge in [-0.15, -0.1) is 5.10 Å². The molecule has 0 atom stereocenters. The van der Waals surface area contributed by atoms with Crippen molar-refractivity contribution < 1.29 is 23.1 Å². The second kappa shape index (κ2) is 4.54. The maximum Gasteiger partial charge on any atom is 0.416 e. The molecule has 0 spiro atoms. The van der Waals surface area contributed by atoms with Crippen LogP contribution in [0.25, 0.3) is 5.69 Å². The third kappa shape index (κ3) is 2.58. The monoisotopic (exact) mass is 298 g/mol. The Kier molecular flexibility index (Phi) is 2.92. The van der Waals surface area contributed by atoms with E-state index in [0.717, 1.165) is 25.0 Å². The Labute approximate surface area is 116 Å². The van der Waals surface area contributed by atoms with Crippen molar-refractivity contribution in [3.63, 3.8) is 0 Å². The first-order valence-corrected chi connectivity index (χ1v) is 6.10. The van der Waals surface area contributed by atoms with Crippen molar-refractivity contribution in [2.24, 2.45) is 0 Å². The van der Waals surface area contributed by atoms with Gasteiger partial charge in [0.25, 0.3) is 0 Å². The molecule has 1 aromatic heterocycles. The van der Waals surface area contributed by atoms with Gasteiger partial charge in [-0.05, 0) is 41.5 Å². The highest BCUT2D eigenvalue weighted by molar-refractivity contribution is 5.88. The van der Waals surface area contributed by atoms with E-state index in [1.807, 2.05) is 0 Å². The molecule has 0 saturated heterocycles. The lowest BCUT2D eigenvalue weighted by Crippen LogP contribution is -2.11. The maximum atomic E-state index is 12.9. The van der Waals surface area contributed by atoms with Crippen molar-refractivity contribution in [3.8, 4) is 5.69 Å². The van der Waals surface area contributed by atoms with Crippen molar-refractivity contribution >= 4 is 5.97 Å². The molecule has 0 aliphatic heterocycles. The highest BCUT2D eigenvalue weighted by atomic mass is 19.4. The summed E-state index contributed by atoms with van der Waals surface area (Å²) in [5.74, 6) is -0.878. The van der Waals surface area contributed by atoms with Crippen LogP contribution in [-0.4, -0.2) is 31.3 Å². The van der Waals surface area contributed by atoms with Gasteiger partial charge in [-0.1, -0.05) is 0 Å². The molecule has 3 rings (SSSR count). The predicted molar refractivity (Wildman–Crippen MR) is 63.1 cm³/mol. The number of carboxylic acids is 1. The number of tetrazole rings is 1. The first-order chi connectivity index (χ1) is 9.86. The quantitative estimate of drug-likeness (QED) is 0.940. The highest BCUT2D eigenvalue weighted by Gasteiger charge is 2.34. The number of halogens is 3. The van der Waals surface area contributed by atoms with Crippen molar-refractivity contribution in [2.45, 2.75) is 24.9 Å². The van der Waals surface area contributed by atoms with Crippen LogP contribution >= 0.6 is 0 Å². The van der Waals surface area contributed by atoms with E-state index < -0.39 is 23.3 Å². The lowest BCUT2D eigenvalue weighted by molar-refractivity contribution is -0.137. The lowest BCUT2D eigenvalue weighted by Gasteiger charge is -2.11. The van der Waals surface area contributed by atoms with E-state index in [1.54, 1.807) is 0 Å². The molecule has 1 aliphatic rings. The first-order valence-electron chi connectivity index (χ1n) is 6.10. The summed E-state index contributed by atoms with van der Waals surface area (Å²) in [7, 11) is 0. The minimum Gasteiger partial charge on any atom is -0.478 e. The minimum atomic E-state index is -4.64. The van der Waals surface area contributed by atoms with Gasteiger partial charge < -0.3 is 5.11 Å². The first kappa shape index (κ1) is 13.5. The lowest BCUT2D eigenvalue weighted by atomic mass is 10.1. The van der Waals surface area contributed by atoms with Gasteiger partial charge in [0.15, 0.2) is 5.82 Å². The van der Waals surface area contributed by atoms with E-state index in [1.165, 1.54) is 4.68 Å². The topological polar surface area (TPSA) is 80.9 Å². The van der Waals surface area contributed by atoms with Gasteiger partial charge in [-0.3, -0.25) is 0 Å². The van der Waals surface area contributed by atoms with Crippen LogP contribution in [0, 0.1) is 0 Å². The van der Waals surface area contributed by atoms with Crippen LogP contribution in [0.2, 0.25) is 0 Å². The van der Waals surface area contributed by atoms with Gasteiger partial charge >= 0.3 is 12.1 Å². The van der Waals surface area contributed by atoms with Gasteiger partial charge in [0.2, 0.25) is 0 Å². The largest absolute Gasteiger partial charge is 0.478 e. The van der Waals surface area contributed by atoms with Crippen LogP contribution < -0.4 is 0 Å². The Morgan fingerprint density at radius 2 is 2.00 bits per heavy atom.